The quantitative estimate of drug-likeness (QED) is 0.909. The molecule has 1 fully saturated rings. The van der Waals surface area contributed by atoms with Crippen LogP contribution < -0.4 is 5.73 Å². The zero-order valence-electron chi connectivity index (χ0n) is 12.9. The Bertz CT molecular complexity index is 649. The van der Waals surface area contributed by atoms with Crippen molar-refractivity contribution in [3.8, 4) is 0 Å². The molecule has 0 amide bonds. The second-order valence-corrected chi connectivity index (χ2v) is 6.96. The zero-order valence-corrected chi connectivity index (χ0v) is 13.7. The SMILES string of the molecule is CCCn1c(C2(N)CCCC(C)C2)nc2cccc(Cl)c21. The fraction of sp³-hybridized carbons (Fsp3) is 0.588. The summed E-state index contributed by atoms with van der Waals surface area (Å²) in [7, 11) is 0. The van der Waals surface area contributed by atoms with Gasteiger partial charge in [0.1, 0.15) is 5.82 Å². The molecule has 2 atom stereocenters. The van der Waals surface area contributed by atoms with Gasteiger partial charge in [0, 0.05) is 6.54 Å². The topological polar surface area (TPSA) is 43.8 Å². The predicted molar refractivity (Wildman–Crippen MR) is 88.5 cm³/mol. The number of aryl methyl sites for hydroxylation is 1. The molecule has 21 heavy (non-hydrogen) atoms. The minimum absolute atomic E-state index is 0.310. The van der Waals surface area contributed by atoms with Gasteiger partial charge in [-0.15, -0.1) is 0 Å². The van der Waals surface area contributed by atoms with Crippen LogP contribution in [0.5, 0.6) is 0 Å². The van der Waals surface area contributed by atoms with E-state index in [2.05, 4.69) is 18.4 Å². The molecule has 3 rings (SSSR count). The van der Waals surface area contributed by atoms with Crippen molar-refractivity contribution in [1.29, 1.82) is 0 Å². The van der Waals surface area contributed by atoms with Gasteiger partial charge in [-0.3, -0.25) is 0 Å². The maximum Gasteiger partial charge on any atom is 0.130 e. The first kappa shape index (κ1) is 14.9. The summed E-state index contributed by atoms with van der Waals surface area (Å²) in [5.74, 6) is 1.69. The number of fused-ring (bicyclic) bond motifs is 1. The highest BCUT2D eigenvalue weighted by molar-refractivity contribution is 6.35. The molecule has 1 saturated carbocycles. The summed E-state index contributed by atoms with van der Waals surface area (Å²) in [6.07, 6.45) is 5.53. The second kappa shape index (κ2) is 5.62. The van der Waals surface area contributed by atoms with E-state index in [0.29, 0.717) is 5.92 Å². The molecule has 1 aliphatic rings. The van der Waals surface area contributed by atoms with Crippen LogP contribution in [0.25, 0.3) is 11.0 Å². The van der Waals surface area contributed by atoms with Gasteiger partial charge >= 0.3 is 0 Å². The van der Waals surface area contributed by atoms with Gasteiger partial charge in [0.2, 0.25) is 0 Å². The normalized spacial score (nSPS) is 26.4. The fourth-order valence-corrected chi connectivity index (χ4v) is 4.03. The summed E-state index contributed by atoms with van der Waals surface area (Å²) in [4.78, 5) is 4.88. The summed E-state index contributed by atoms with van der Waals surface area (Å²) in [5, 5.41) is 0.771. The lowest BCUT2D eigenvalue weighted by Gasteiger charge is -2.36. The lowest BCUT2D eigenvalue weighted by molar-refractivity contribution is 0.222. The molecule has 0 saturated heterocycles. The number of rotatable bonds is 3. The Kier molecular flexibility index (Phi) is 3.98. The van der Waals surface area contributed by atoms with Gasteiger partial charge < -0.3 is 10.3 Å². The number of hydrogen-bond donors (Lipinski definition) is 1. The number of hydrogen-bond acceptors (Lipinski definition) is 2. The summed E-state index contributed by atoms with van der Waals surface area (Å²) in [5.41, 5.74) is 8.49. The van der Waals surface area contributed by atoms with Crippen LogP contribution in [0, 0.1) is 5.92 Å². The molecule has 1 heterocycles. The van der Waals surface area contributed by atoms with E-state index in [0.717, 1.165) is 47.7 Å². The summed E-state index contributed by atoms with van der Waals surface area (Å²) < 4.78 is 2.26. The molecule has 2 unspecified atom stereocenters. The second-order valence-electron chi connectivity index (χ2n) is 6.55. The van der Waals surface area contributed by atoms with E-state index in [1.807, 2.05) is 18.2 Å². The van der Waals surface area contributed by atoms with Crippen LogP contribution in [0.2, 0.25) is 5.02 Å². The number of nitrogens with two attached hydrogens (primary N) is 1. The van der Waals surface area contributed by atoms with E-state index in [4.69, 9.17) is 22.3 Å². The number of imidazole rings is 1. The fourth-order valence-electron chi connectivity index (χ4n) is 3.76. The standard InChI is InChI=1S/C17H24ClN3/c1-3-10-21-15-13(18)7-4-8-14(15)20-16(21)17(19)9-5-6-12(2)11-17/h4,7-8,12H,3,5-6,9-11,19H2,1-2H3. The molecule has 2 aromatic rings. The molecule has 1 aromatic heterocycles. The van der Waals surface area contributed by atoms with Crippen LogP contribution in [-0.2, 0) is 12.1 Å². The Morgan fingerprint density at radius 1 is 1.48 bits per heavy atom. The monoisotopic (exact) mass is 305 g/mol. The largest absolute Gasteiger partial charge is 0.325 e. The van der Waals surface area contributed by atoms with Gasteiger partial charge in [0.05, 0.1) is 21.6 Å². The first-order chi connectivity index (χ1) is 10.0. The minimum atomic E-state index is -0.310. The smallest absolute Gasteiger partial charge is 0.130 e. The Balaban J connectivity index is 2.17. The Hall–Kier alpha value is -1.06. The molecule has 4 heteroatoms. The van der Waals surface area contributed by atoms with E-state index in [-0.39, 0.29) is 5.54 Å². The number of para-hydroxylation sites is 1. The molecule has 2 N–H and O–H groups in total. The third-order valence-electron chi connectivity index (χ3n) is 4.64. The van der Waals surface area contributed by atoms with Crippen LogP contribution in [0.3, 0.4) is 0 Å². The molecule has 1 aromatic carbocycles. The lowest BCUT2D eigenvalue weighted by atomic mass is 9.76. The Morgan fingerprint density at radius 2 is 2.29 bits per heavy atom. The summed E-state index contributed by atoms with van der Waals surface area (Å²) in [6, 6.07) is 5.94. The number of benzene rings is 1. The van der Waals surface area contributed by atoms with E-state index in [1.54, 1.807) is 0 Å². The van der Waals surface area contributed by atoms with Gasteiger partial charge in [-0.1, -0.05) is 44.4 Å². The minimum Gasteiger partial charge on any atom is -0.325 e. The highest BCUT2D eigenvalue weighted by Crippen LogP contribution is 2.39. The van der Waals surface area contributed by atoms with Crippen LogP contribution in [0.15, 0.2) is 18.2 Å². The number of aromatic nitrogens is 2. The highest BCUT2D eigenvalue weighted by Gasteiger charge is 2.37. The van der Waals surface area contributed by atoms with Crippen molar-refractivity contribution in [3.63, 3.8) is 0 Å². The van der Waals surface area contributed by atoms with Gasteiger partial charge in [-0.2, -0.15) is 0 Å². The van der Waals surface area contributed by atoms with Crippen molar-refractivity contribution < 1.29 is 0 Å². The average molecular weight is 306 g/mol. The van der Waals surface area contributed by atoms with Crippen molar-refractivity contribution in [1.82, 2.24) is 9.55 Å². The predicted octanol–water partition coefficient (Wildman–Crippen LogP) is 4.46. The van der Waals surface area contributed by atoms with Gasteiger partial charge in [-0.05, 0) is 37.3 Å². The molecule has 0 aliphatic heterocycles. The van der Waals surface area contributed by atoms with Crippen LogP contribution in [-0.4, -0.2) is 9.55 Å². The molecule has 1 aliphatic carbocycles. The molecule has 0 radical (unpaired) electrons. The number of nitrogens with zero attached hydrogens (tertiary/aromatic N) is 2. The summed E-state index contributed by atoms with van der Waals surface area (Å²) in [6.45, 7) is 5.39. The molecule has 0 spiro atoms. The highest BCUT2D eigenvalue weighted by atomic mass is 35.5. The zero-order chi connectivity index (χ0) is 15.0. The lowest BCUT2D eigenvalue weighted by Crippen LogP contribution is -2.43. The van der Waals surface area contributed by atoms with E-state index < -0.39 is 0 Å². The van der Waals surface area contributed by atoms with Crippen molar-refractivity contribution in [2.24, 2.45) is 11.7 Å². The van der Waals surface area contributed by atoms with E-state index in [9.17, 15) is 0 Å². The van der Waals surface area contributed by atoms with Crippen LogP contribution >= 0.6 is 11.6 Å². The van der Waals surface area contributed by atoms with Crippen LogP contribution in [0.4, 0.5) is 0 Å². The van der Waals surface area contributed by atoms with Gasteiger partial charge in [0.15, 0.2) is 0 Å². The summed E-state index contributed by atoms with van der Waals surface area (Å²) >= 11 is 6.42. The average Bonchev–Trinajstić information content (AvgIpc) is 2.80. The van der Waals surface area contributed by atoms with Gasteiger partial charge in [-0.25, -0.2) is 4.98 Å². The van der Waals surface area contributed by atoms with Gasteiger partial charge in [0.25, 0.3) is 0 Å². The van der Waals surface area contributed by atoms with E-state index in [1.165, 1.54) is 12.8 Å². The van der Waals surface area contributed by atoms with Crippen molar-refractivity contribution in [2.75, 3.05) is 0 Å². The Labute approximate surface area is 131 Å². The first-order valence-corrected chi connectivity index (χ1v) is 8.37. The maximum absolute atomic E-state index is 6.79. The van der Waals surface area contributed by atoms with Crippen molar-refractivity contribution in [2.45, 2.75) is 58.0 Å². The first-order valence-electron chi connectivity index (χ1n) is 7.99. The maximum atomic E-state index is 6.79. The molecular formula is C17H24ClN3. The van der Waals surface area contributed by atoms with Crippen molar-refractivity contribution >= 4 is 22.6 Å². The molecule has 0 bridgehead atoms. The molecular weight excluding hydrogens is 282 g/mol. The number of halogens is 1. The Morgan fingerprint density at radius 3 is 3.00 bits per heavy atom. The molecule has 114 valence electrons. The van der Waals surface area contributed by atoms with Crippen LogP contribution in [0.1, 0.15) is 51.8 Å². The molecule has 3 nitrogen and oxygen atoms in total. The third-order valence-corrected chi connectivity index (χ3v) is 4.95. The van der Waals surface area contributed by atoms with Crippen molar-refractivity contribution in [3.05, 3.63) is 29.0 Å². The third kappa shape index (κ3) is 2.58. The van der Waals surface area contributed by atoms with E-state index >= 15 is 0 Å².